The van der Waals surface area contributed by atoms with Crippen molar-refractivity contribution in [3.05, 3.63) is 47.3 Å². The molecule has 3 rings (SSSR count). The van der Waals surface area contributed by atoms with Gasteiger partial charge in [-0.25, -0.2) is 4.98 Å². The van der Waals surface area contributed by atoms with Crippen molar-refractivity contribution in [2.45, 2.75) is 13.8 Å². The monoisotopic (exact) mass is 299 g/mol. The molecule has 6 heteroatoms. The number of anilines is 1. The van der Waals surface area contributed by atoms with Crippen LogP contribution in [0.2, 0.25) is 0 Å². The second-order valence-electron chi connectivity index (χ2n) is 4.80. The van der Waals surface area contributed by atoms with Crippen molar-refractivity contribution in [3.8, 4) is 0 Å². The molecule has 21 heavy (non-hydrogen) atoms. The van der Waals surface area contributed by atoms with E-state index in [0.29, 0.717) is 16.4 Å². The first-order valence-electron chi connectivity index (χ1n) is 6.41. The Morgan fingerprint density at radius 2 is 2.10 bits per heavy atom. The van der Waals surface area contributed by atoms with E-state index in [1.165, 1.54) is 30.5 Å². The van der Waals surface area contributed by atoms with Crippen LogP contribution in [0.4, 0.5) is 5.13 Å². The van der Waals surface area contributed by atoms with E-state index in [-0.39, 0.29) is 11.7 Å². The van der Waals surface area contributed by atoms with E-state index in [1.807, 2.05) is 25.1 Å². The fourth-order valence-electron chi connectivity index (χ4n) is 1.98. The summed E-state index contributed by atoms with van der Waals surface area (Å²) in [5, 5.41) is 3.29. The number of aromatic amines is 1. The zero-order valence-electron chi connectivity index (χ0n) is 11.6. The molecule has 5 nitrogen and oxygen atoms in total. The molecule has 2 heterocycles. The number of thiazole rings is 1. The number of aryl methyl sites for hydroxylation is 1. The van der Waals surface area contributed by atoms with E-state index < -0.39 is 0 Å². The lowest BCUT2D eigenvalue weighted by molar-refractivity contribution is 0.101. The largest absolute Gasteiger partial charge is 0.356 e. The summed E-state index contributed by atoms with van der Waals surface area (Å²) in [7, 11) is 0. The van der Waals surface area contributed by atoms with Gasteiger partial charge in [0.15, 0.2) is 10.9 Å². The average molecular weight is 299 g/mol. The maximum absolute atomic E-state index is 12.1. The lowest BCUT2D eigenvalue weighted by Crippen LogP contribution is -2.11. The molecule has 0 aliphatic carbocycles. The van der Waals surface area contributed by atoms with Crippen molar-refractivity contribution in [2.75, 3.05) is 5.32 Å². The number of benzene rings is 1. The van der Waals surface area contributed by atoms with Gasteiger partial charge in [-0.1, -0.05) is 17.4 Å². The highest BCUT2D eigenvalue weighted by Gasteiger charge is 2.13. The molecule has 0 bridgehead atoms. The number of fused-ring (bicyclic) bond motifs is 1. The summed E-state index contributed by atoms with van der Waals surface area (Å²) in [6.07, 6.45) is 1.53. The molecule has 0 atom stereocenters. The Hall–Kier alpha value is -2.47. The van der Waals surface area contributed by atoms with Gasteiger partial charge in [0, 0.05) is 11.8 Å². The van der Waals surface area contributed by atoms with Gasteiger partial charge in [0.2, 0.25) is 0 Å². The van der Waals surface area contributed by atoms with Gasteiger partial charge in [0.05, 0.1) is 10.2 Å². The van der Waals surface area contributed by atoms with Crippen LogP contribution in [0, 0.1) is 6.92 Å². The van der Waals surface area contributed by atoms with Crippen LogP contribution in [0.5, 0.6) is 0 Å². The zero-order chi connectivity index (χ0) is 15.0. The number of carbonyl (C=O) groups excluding carboxylic acids is 2. The third-order valence-corrected chi connectivity index (χ3v) is 4.03. The van der Waals surface area contributed by atoms with Gasteiger partial charge in [-0.15, -0.1) is 0 Å². The van der Waals surface area contributed by atoms with Gasteiger partial charge < -0.3 is 4.98 Å². The minimum absolute atomic E-state index is 0.0826. The average Bonchev–Trinajstić information content (AvgIpc) is 3.03. The number of rotatable bonds is 3. The number of aromatic nitrogens is 2. The Kier molecular flexibility index (Phi) is 3.31. The molecule has 0 radical (unpaired) electrons. The molecule has 0 saturated carbocycles. The van der Waals surface area contributed by atoms with Crippen LogP contribution in [0.1, 0.15) is 33.3 Å². The predicted octanol–water partition coefficient (Wildman–Crippen LogP) is 3.39. The molecule has 0 saturated heterocycles. The fraction of sp³-hybridized carbons (Fsp3) is 0.133. The Morgan fingerprint density at radius 1 is 1.29 bits per heavy atom. The minimum Gasteiger partial charge on any atom is -0.356 e. The highest BCUT2D eigenvalue weighted by molar-refractivity contribution is 7.22. The van der Waals surface area contributed by atoms with Crippen LogP contribution in [-0.2, 0) is 0 Å². The SMILES string of the molecule is CC(=O)c1c[nH]c(C(=O)Nc2nc3ccc(C)cc3s2)c1. The molecule has 2 aromatic heterocycles. The molecule has 3 aromatic rings. The molecule has 106 valence electrons. The van der Waals surface area contributed by atoms with E-state index in [4.69, 9.17) is 0 Å². The van der Waals surface area contributed by atoms with Crippen LogP contribution < -0.4 is 5.32 Å². The molecule has 1 aromatic carbocycles. The molecule has 0 aliphatic heterocycles. The van der Waals surface area contributed by atoms with Crippen molar-refractivity contribution in [3.63, 3.8) is 0 Å². The van der Waals surface area contributed by atoms with Gasteiger partial charge in [0.1, 0.15) is 5.69 Å². The quantitative estimate of drug-likeness (QED) is 0.728. The molecule has 1 amide bonds. The minimum atomic E-state index is -0.307. The number of carbonyl (C=O) groups is 2. The van der Waals surface area contributed by atoms with Crippen LogP contribution in [0.15, 0.2) is 30.5 Å². The third-order valence-electron chi connectivity index (χ3n) is 3.10. The first kappa shape index (κ1) is 13.5. The number of ketones is 1. The Labute approximate surface area is 125 Å². The molecule has 0 aliphatic rings. The van der Waals surface area contributed by atoms with Crippen molar-refractivity contribution in [2.24, 2.45) is 0 Å². The third kappa shape index (κ3) is 2.71. The second kappa shape index (κ2) is 5.14. The topological polar surface area (TPSA) is 74.8 Å². The van der Waals surface area contributed by atoms with Gasteiger partial charge in [0.25, 0.3) is 5.91 Å². The van der Waals surface area contributed by atoms with Crippen LogP contribution in [-0.4, -0.2) is 21.7 Å². The Balaban J connectivity index is 1.83. The maximum Gasteiger partial charge on any atom is 0.273 e. The standard InChI is InChI=1S/C15H13N3O2S/c1-8-3-4-11-13(5-8)21-15(17-11)18-14(20)12-6-10(7-16-12)9(2)19/h3-7,16H,1-2H3,(H,17,18,20). The van der Waals surface area contributed by atoms with Crippen molar-refractivity contribution in [1.29, 1.82) is 0 Å². The molecule has 2 N–H and O–H groups in total. The smallest absolute Gasteiger partial charge is 0.273 e. The van der Waals surface area contributed by atoms with Crippen molar-refractivity contribution >= 4 is 38.4 Å². The molecular formula is C15H13N3O2S. The van der Waals surface area contributed by atoms with Gasteiger partial charge in [-0.2, -0.15) is 0 Å². The number of H-pyrrole nitrogens is 1. The lowest BCUT2D eigenvalue weighted by atomic mass is 10.2. The van der Waals surface area contributed by atoms with Crippen LogP contribution in [0.25, 0.3) is 10.2 Å². The number of nitrogens with one attached hydrogen (secondary N) is 2. The van der Waals surface area contributed by atoms with Gasteiger partial charge in [-0.05, 0) is 37.6 Å². The zero-order valence-corrected chi connectivity index (χ0v) is 12.4. The van der Waals surface area contributed by atoms with Crippen LogP contribution >= 0.6 is 11.3 Å². The predicted molar refractivity (Wildman–Crippen MR) is 83.1 cm³/mol. The Morgan fingerprint density at radius 3 is 2.81 bits per heavy atom. The summed E-state index contributed by atoms with van der Waals surface area (Å²) in [6.45, 7) is 3.47. The highest BCUT2D eigenvalue weighted by atomic mass is 32.1. The van der Waals surface area contributed by atoms with Crippen LogP contribution in [0.3, 0.4) is 0 Å². The van der Waals surface area contributed by atoms with Crippen molar-refractivity contribution in [1.82, 2.24) is 9.97 Å². The van der Waals surface area contributed by atoms with E-state index in [9.17, 15) is 9.59 Å². The number of Topliss-reactive ketones (excluding diaryl/α,β-unsaturated/α-hetero) is 1. The summed E-state index contributed by atoms with van der Waals surface area (Å²) in [5.74, 6) is -0.390. The van der Waals surface area contributed by atoms with Gasteiger partial charge in [-0.3, -0.25) is 14.9 Å². The van der Waals surface area contributed by atoms with E-state index in [0.717, 1.165) is 15.8 Å². The van der Waals surface area contributed by atoms with Gasteiger partial charge >= 0.3 is 0 Å². The summed E-state index contributed by atoms with van der Waals surface area (Å²) in [5.41, 5.74) is 2.84. The summed E-state index contributed by atoms with van der Waals surface area (Å²) >= 11 is 1.42. The van der Waals surface area contributed by atoms with E-state index in [2.05, 4.69) is 15.3 Å². The molecule has 0 spiro atoms. The normalized spacial score (nSPS) is 10.8. The maximum atomic E-state index is 12.1. The first-order valence-corrected chi connectivity index (χ1v) is 7.22. The fourth-order valence-corrected chi connectivity index (χ4v) is 2.94. The number of hydrogen-bond donors (Lipinski definition) is 2. The van der Waals surface area contributed by atoms with E-state index in [1.54, 1.807) is 0 Å². The second-order valence-corrected chi connectivity index (χ2v) is 5.83. The summed E-state index contributed by atoms with van der Waals surface area (Å²) in [6, 6.07) is 7.48. The molecule has 0 unspecified atom stereocenters. The number of hydrogen-bond acceptors (Lipinski definition) is 4. The number of amides is 1. The number of nitrogens with zero attached hydrogens (tertiary/aromatic N) is 1. The summed E-state index contributed by atoms with van der Waals surface area (Å²) in [4.78, 5) is 30.5. The lowest BCUT2D eigenvalue weighted by Gasteiger charge is -1.97. The molecular weight excluding hydrogens is 286 g/mol. The Bertz CT molecular complexity index is 848. The van der Waals surface area contributed by atoms with Crippen molar-refractivity contribution < 1.29 is 9.59 Å². The molecule has 0 fully saturated rings. The van der Waals surface area contributed by atoms with E-state index >= 15 is 0 Å². The highest BCUT2D eigenvalue weighted by Crippen LogP contribution is 2.26. The summed E-state index contributed by atoms with van der Waals surface area (Å²) < 4.78 is 1.03. The first-order chi connectivity index (χ1) is 10.0.